The number of methoxy groups -OCH3 is 1. The van der Waals surface area contributed by atoms with Crippen LogP contribution in [0.25, 0.3) is 10.9 Å². The summed E-state index contributed by atoms with van der Waals surface area (Å²) >= 11 is 0. The zero-order chi connectivity index (χ0) is 12.6. The number of aromatic nitrogens is 1. The summed E-state index contributed by atoms with van der Waals surface area (Å²) in [5.41, 5.74) is 0.840. The van der Waals surface area contributed by atoms with Gasteiger partial charge in [-0.3, -0.25) is 0 Å². The minimum atomic E-state index is -1.17. The molecule has 0 bridgehead atoms. The molecule has 1 aromatic carbocycles. The van der Waals surface area contributed by atoms with Crippen molar-refractivity contribution >= 4 is 16.9 Å². The van der Waals surface area contributed by atoms with E-state index in [1.165, 1.54) is 19.2 Å². The molecule has 0 spiro atoms. The van der Waals surface area contributed by atoms with Crippen LogP contribution in [0.2, 0.25) is 0 Å². The molecule has 0 aliphatic rings. The first-order valence-corrected chi connectivity index (χ1v) is 4.91. The van der Waals surface area contributed by atoms with Crippen LogP contribution in [-0.4, -0.2) is 23.2 Å². The Bertz CT molecular complexity index is 610. The van der Waals surface area contributed by atoms with Crippen molar-refractivity contribution in [2.45, 2.75) is 6.92 Å². The lowest BCUT2D eigenvalue weighted by Gasteiger charge is -2.09. The van der Waals surface area contributed by atoms with E-state index >= 15 is 0 Å². The number of aromatic carboxylic acids is 1. The summed E-state index contributed by atoms with van der Waals surface area (Å²) < 4.78 is 18.7. The van der Waals surface area contributed by atoms with Gasteiger partial charge in [-0.2, -0.15) is 0 Å². The Labute approximate surface area is 96.7 Å². The number of fused-ring (bicyclic) bond motifs is 1. The number of benzene rings is 1. The van der Waals surface area contributed by atoms with Crippen LogP contribution in [0.15, 0.2) is 18.2 Å². The van der Waals surface area contributed by atoms with Crippen molar-refractivity contribution in [1.82, 2.24) is 4.98 Å². The molecule has 5 heteroatoms. The maximum atomic E-state index is 13.7. The third-order valence-corrected chi connectivity index (χ3v) is 2.51. The number of carboxylic acids is 1. The summed E-state index contributed by atoms with van der Waals surface area (Å²) in [6.07, 6.45) is 0. The molecule has 0 saturated heterocycles. The first-order chi connectivity index (χ1) is 8.04. The van der Waals surface area contributed by atoms with Crippen molar-refractivity contribution in [3.8, 4) is 5.75 Å². The molecule has 0 radical (unpaired) electrons. The van der Waals surface area contributed by atoms with E-state index in [1.54, 1.807) is 13.0 Å². The van der Waals surface area contributed by atoms with Crippen LogP contribution in [0, 0.1) is 12.7 Å². The number of ether oxygens (including phenoxy) is 1. The fourth-order valence-corrected chi connectivity index (χ4v) is 1.67. The maximum absolute atomic E-state index is 13.7. The second-order valence-electron chi connectivity index (χ2n) is 3.60. The molecule has 1 N–H and O–H groups in total. The van der Waals surface area contributed by atoms with Crippen LogP contribution in [0.4, 0.5) is 4.39 Å². The van der Waals surface area contributed by atoms with Crippen molar-refractivity contribution in [1.29, 1.82) is 0 Å². The summed E-state index contributed by atoms with van der Waals surface area (Å²) in [5.74, 6) is -1.48. The lowest BCUT2D eigenvalue weighted by atomic mass is 10.1. The van der Waals surface area contributed by atoms with Crippen LogP contribution in [0.3, 0.4) is 0 Å². The Balaban J connectivity index is 2.91. The second-order valence-corrected chi connectivity index (χ2v) is 3.60. The van der Waals surface area contributed by atoms with Crippen molar-refractivity contribution < 1.29 is 19.0 Å². The lowest BCUT2D eigenvalue weighted by Crippen LogP contribution is -2.03. The molecule has 0 atom stereocenters. The average Bonchev–Trinajstić information content (AvgIpc) is 2.32. The Morgan fingerprint density at radius 2 is 2.18 bits per heavy atom. The number of halogens is 1. The monoisotopic (exact) mass is 235 g/mol. The van der Waals surface area contributed by atoms with E-state index in [9.17, 15) is 9.18 Å². The van der Waals surface area contributed by atoms with E-state index in [0.717, 1.165) is 0 Å². The zero-order valence-corrected chi connectivity index (χ0v) is 9.32. The van der Waals surface area contributed by atoms with Crippen molar-refractivity contribution in [2.75, 3.05) is 7.11 Å². The summed E-state index contributed by atoms with van der Waals surface area (Å²) in [7, 11) is 1.36. The van der Waals surface area contributed by atoms with Gasteiger partial charge in [0.05, 0.1) is 18.0 Å². The topological polar surface area (TPSA) is 59.4 Å². The third-order valence-electron chi connectivity index (χ3n) is 2.51. The third kappa shape index (κ3) is 1.80. The molecule has 0 unspecified atom stereocenters. The molecule has 0 aliphatic heterocycles. The highest BCUT2D eigenvalue weighted by Gasteiger charge is 2.15. The van der Waals surface area contributed by atoms with Gasteiger partial charge in [-0.1, -0.05) is 6.07 Å². The van der Waals surface area contributed by atoms with Gasteiger partial charge in [-0.05, 0) is 18.6 Å². The normalized spacial score (nSPS) is 10.5. The lowest BCUT2D eigenvalue weighted by molar-refractivity contribution is 0.0690. The number of rotatable bonds is 2. The molecule has 2 rings (SSSR count). The van der Waals surface area contributed by atoms with Crippen LogP contribution in [-0.2, 0) is 0 Å². The van der Waals surface area contributed by atoms with Crippen molar-refractivity contribution in [3.63, 3.8) is 0 Å². The largest absolute Gasteiger partial charge is 0.496 e. The minimum absolute atomic E-state index is 0.164. The average molecular weight is 235 g/mol. The number of hydrogen-bond donors (Lipinski definition) is 1. The SMILES string of the molecule is COc1cc(C(=O)O)nc2c(C)ccc(F)c12. The van der Waals surface area contributed by atoms with Gasteiger partial charge >= 0.3 is 5.97 Å². The van der Waals surface area contributed by atoms with E-state index in [0.29, 0.717) is 11.1 Å². The van der Waals surface area contributed by atoms with E-state index in [1.807, 2.05) is 0 Å². The standard InChI is InChI=1S/C12H10FNO3/c1-6-3-4-7(13)10-9(17-2)5-8(12(15)16)14-11(6)10/h3-5H,1-2H3,(H,15,16). The summed E-state index contributed by atoms with van der Waals surface area (Å²) in [4.78, 5) is 14.8. The van der Waals surface area contributed by atoms with Gasteiger partial charge in [-0.25, -0.2) is 14.2 Å². The number of nitrogens with zero attached hydrogens (tertiary/aromatic N) is 1. The molecule has 2 aromatic rings. The summed E-state index contributed by atoms with van der Waals surface area (Å²) in [6, 6.07) is 4.07. The number of aryl methyl sites for hydroxylation is 1. The molecule has 4 nitrogen and oxygen atoms in total. The second kappa shape index (κ2) is 4.01. The van der Waals surface area contributed by atoms with Crippen LogP contribution in [0.5, 0.6) is 5.75 Å². The minimum Gasteiger partial charge on any atom is -0.496 e. The predicted octanol–water partition coefficient (Wildman–Crippen LogP) is 2.39. The molecule has 1 heterocycles. The van der Waals surface area contributed by atoms with E-state index in [2.05, 4.69) is 4.98 Å². The Morgan fingerprint density at radius 3 is 2.76 bits per heavy atom. The molecule has 0 aliphatic carbocycles. The van der Waals surface area contributed by atoms with Gasteiger partial charge in [0.2, 0.25) is 0 Å². The van der Waals surface area contributed by atoms with Gasteiger partial charge < -0.3 is 9.84 Å². The molecule has 0 saturated carbocycles. The summed E-state index contributed by atoms with van der Waals surface area (Å²) in [6.45, 7) is 1.74. The highest BCUT2D eigenvalue weighted by Crippen LogP contribution is 2.29. The Kier molecular flexibility index (Phi) is 2.67. The molecular formula is C12H10FNO3. The fourth-order valence-electron chi connectivity index (χ4n) is 1.67. The fraction of sp³-hybridized carbons (Fsp3) is 0.167. The zero-order valence-electron chi connectivity index (χ0n) is 9.32. The van der Waals surface area contributed by atoms with Crippen LogP contribution in [0.1, 0.15) is 16.1 Å². The Morgan fingerprint density at radius 1 is 1.47 bits per heavy atom. The quantitative estimate of drug-likeness (QED) is 0.868. The number of carbonyl (C=O) groups is 1. The van der Waals surface area contributed by atoms with Gasteiger partial charge in [-0.15, -0.1) is 0 Å². The molecule has 0 fully saturated rings. The van der Waals surface area contributed by atoms with Gasteiger partial charge in [0.15, 0.2) is 5.69 Å². The highest BCUT2D eigenvalue weighted by atomic mass is 19.1. The van der Waals surface area contributed by atoms with Crippen LogP contribution < -0.4 is 4.74 Å². The molecule has 17 heavy (non-hydrogen) atoms. The smallest absolute Gasteiger partial charge is 0.354 e. The molecule has 88 valence electrons. The predicted molar refractivity (Wildman–Crippen MR) is 59.9 cm³/mol. The molecule has 1 aromatic heterocycles. The van der Waals surface area contributed by atoms with Gasteiger partial charge in [0.25, 0.3) is 0 Å². The van der Waals surface area contributed by atoms with Crippen molar-refractivity contribution in [3.05, 3.63) is 35.3 Å². The maximum Gasteiger partial charge on any atom is 0.354 e. The van der Waals surface area contributed by atoms with E-state index < -0.39 is 11.8 Å². The number of pyridine rings is 1. The first kappa shape index (κ1) is 11.3. The van der Waals surface area contributed by atoms with Gasteiger partial charge in [0, 0.05) is 6.07 Å². The first-order valence-electron chi connectivity index (χ1n) is 4.91. The van der Waals surface area contributed by atoms with Gasteiger partial charge in [0.1, 0.15) is 11.6 Å². The molecular weight excluding hydrogens is 225 g/mol. The van der Waals surface area contributed by atoms with E-state index in [4.69, 9.17) is 9.84 Å². The number of carboxylic acid groups (broad SMARTS) is 1. The number of hydrogen-bond acceptors (Lipinski definition) is 3. The molecule has 0 amide bonds. The van der Waals surface area contributed by atoms with Crippen LogP contribution >= 0.6 is 0 Å². The van der Waals surface area contributed by atoms with Crippen molar-refractivity contribution in [2.24, 2.45) is 0 Å². The van der Waals surface area contributed by atoms with E-state index in [-0.39, 0.29) is 16.8 Å². The highest BCUT2D eigenvalue weighted by molar-refractivity contribution is 5.94. The summed E-state index contributed by atoms with van der Waals surface area (Å²) in [5, 5.41) is 9.12. The Hall–Kier alpha value is -2.17.